The molecule has 0 amide bonds. The normalized spacial score (nSPS) is 14.2. The van der Waals surface area contributed by atoms with E-state index in [4.69, 9.17) is 22.7 Å². The molecule has 0 spiro atoms. The average molecular weight is 466 g/mol. The summed E-state index contributed by atoms with van der Waals surface area (Å²) in [5.74, 6) is -1.76. The number of rotatable bonds is 4. The van der Waals surface area contributed by atoms with Crippen molar-refractivity contribution in [1.82, 2.24) is 25.1 Å². The van der Waals surface area contributed by atoms with E-state index in [2.05, 4.69) is 20.4 Å². The van der Waals surface area contributed by atoms with Crippen LogP contribution in [0.5, 0.6) is 0 Å². The van der Waals surface area contributed by atoms with Gasteiger partial charge in [0.25, 0.3) is 0 Å². The van der Waals surface area contributed by atoms with E-state index < -0.39 is 11.6 Å². The smallest absolute Gasteiger partial charge is 0.144 e. The summed E-state index contributed by atoms with van der Waals surface area (Å²) in [6, 6.07) is 7.06. The Hall–Kier alpha value is -3.69. The molecule has 4 heterocycles. The van der Waals surface area contributed by atoms with Gasteiger partial charge in [-0.25, -0.2) is 13.8 Å². The van der Waals surface area contributed by atoms with Gasteiger partial charge in [-0.05, 0) is 24.3 Å². The number of hydrogen-bond acceptors (Lipinski definition) is 6. The second-order valence-electron chi connectivity index (χ2n) is 7.58. The lowest BCUT2D eigenvalue weighted by atomic mass is 10.0. The van der Waals surface area contributed by atoms with Crippen molar-refractivity contribution < 1.29 is 8.78 Å². The molecule has 4 N–H and O–H groups in total. The predicted molar refractivity (Wildman–Crippen MR) is 124 cm³/mol. The molecule has 0 saturated heterocycles. The zero-order valence-electron chi connectivity index (χ0n) is 17.2. The summed E-state index contributed by atoms with van der Waals surface area (Å²) in [6.07, 6.45) is 4.57. The Morgan fingerprint density at radius 2 is 2.00 bits per heavy atom. The first-order chi connectivity index (χ1) is 16.0. The van der Waals surface area contributed by atoms with Crippen molar-refractivity contribution in [1.29, 1.82) is 5.41 Å². The minimum absolute atomic E-state index is 0.0721. The van der Waals surface area contributed by atoms with Gasteiger partial charge in [0.2, 0.25) is 0 Å². The molecule has 1 aliphatic heterocycles. The van der Waals surface area contributed by atoms with Gasteiger partial charge in [0.1, 0.15) is 11.6 Å². The number of benzene rings is 1. The SMILES string of the molecule is N=CC(=C(N)c1cc(Cl)c(F)cc1F)c1ccc2ncc(-c3cnn4c3CNCC4)cc2n1. The molecule has 1 aliphatic rings. The monoisotopic (exact) mass is 465 g/mol. The van der Waals surface area contributed by atoms with Gasteiger partial charge in [-0.1, -0.05) is 11.6 Å². The average Bonchev–Trinajstić information content (AvgIpc) is 3.25. The van der Waals surface area contributed by atoms with E-state index in [-0.39, 0.29) is 21.9 Å². The quantitative estimate of drug-likeness (QED) is 0.312. The van der Waals surface area contributed by atoms with Gasteiger partial charge >= 0.3 is 0 Å². The van der Waals surface area contributed by atoms with E-state index in [1.165, 1.54) is 0 Å². The fraction of sp³-hybridized carbons (Fsp3) is 0.130. The number of nitrogens with two attached hydrogens (primary N) is 1. The van der Waals surface area contributed by atoms with Crippen molar-refractivity contribution >= 4 is 40.1 Å². The topological polar surface area (TPSA) is 106 Å². The van der Waals surface area contributed by atoms with Crippen LogP contribution in [-0.4, -0.2) is 32.5 Å². The fourth-order valence-electron chi connectivity index (χ4n) is 3.89. The lowest BCUT2D eigenvalue weighted by Gasteiger charge is -2.16. The fourth-order valence-corrected chi connectivity index (χ4v) is 4.05. The van der Waals surface area contributed by atoms with E-state index in [1.54, 1.807) is 18.3 Å². The highest BCUT2D eigenvalue weighted by molar-refractivity contribution is 6.31. The maximum Gasteiger partial charge on any atom is 0.144 e. The molecule has 0 fully saturated rings. The van der Waals surface area contributed by atoms with Crippen LogP contribution in [0, 0.1) is 17.0 Å². The van der Waals surface area contributed by atoms with Crippen LogP contribution >= 0.6 is 11.6 Å². The van der Waals surface area contributed by atoms with Gasteiger partial charge in [0.15, 0.2) is 0 Å². The van der Waals surface area contributed by atoms with Crippen LogP contribution in [0.25, 0.3) is 33.4 Å². The number of allylic oxidation sites excluding steroid dienone is 1. The van der Waals surface area contributed by atoms with Crippen LogP contribution in [0.15, 0.2) is 42.7 Å². The Kier molecular flexibility index (Phi) is 5.35. The molecule has 4 aromatic rings. The number of nitrogens with zero attached hydrogens (tertiary/aromatic N) is 4. The Morgan fingerprint density at radius 3 is 2.82 bits per heavy atom. The van der Waals surface area contributed by atoms with Gasteiger partial charge in [-0.15, -0.1) is 0 Å². The highest BCUT2D eigenvalue weighted by atomic mass is 35.5. The lowest BCUT2D eigenvalue weighted by Crippen LogP contribution is -2.28. The molecule has 0 aliphatic carbocycles. The van der Waals surface area contributed by atoms with Crippen LogP contribution in [0.4, 0.5) is 8.78 Å². The Morgan fingerprint density at radius 1 is 1.15 bits per heavy atom. The summed E-state index contributed by atoms with van der Waals surface area (Å²) in [4.78, 5) is 9.13. The molecule has 7 nitrogen and oxygen atoms in total. The van der Waals surface area contributed by atoms with Gasteiger partial charge in [-0.2, -0.15) is 5.10 Å². The number of hydrogen-bond donors (Lipinski definition) is 3. The molecule has 10 heteroatoms. The molecular formula is C23H18ClF2N7. The van der Waals surface area contributed by atoms with Gasteiger partial charge in [0, 0.05) is 53.8 Å². The van der Waals surface area contributed by atoms with E-state index in [0.717, 1.165) is 42.2 Å². The van der Waals surface area contributed by atoms with Crippen LogP contribution < -0.4 is 11.1 Å². The van der Waals surface area contributed by atoms with Gasteiger partial charge < -0.3 is 16.5 Å². The van der Waals surface area contributed by atoms with E-state index >= 15 is 0 Å². The molecular weight excluding hydrogens is 448 g/mol. The van der Waals surface area contributed by atoms with E-state index in [9.17, 15) is 8.78 Å². The maximum absolute atomic E-state index is 14.4. The van der Waals surface area contributed by atoms with Crippen molar-refractivity contribution in [3.05, 3.63) is 76.3 Å². The Bertz CT molecular complexity index is 1440. The second-order valence-corrected chi connectivity index (χ2v) is 7.99. The number of halogens is 3. The Labute approximate surface area is 192 Å². The first kappa shape index (κ1) is 21.2. The number of aromatic nitrogens is 4. The van der Waals surface area contributed by atoms with Crippen molar-refractivity contribution in [2.45, 2.75) is 13.1 Å². The predicted octanol–water partition coefficient (Wildman–Crippen LogP) is 4.00. The molecule has 3 aromatic heterocycles. The van der Waals surface area contributed by atoms with E-state index in [1.807, 2.05) is 16.9 Å². The highest BCUT2D eigenvalue weighted by Crippen LogP contribution is 2.29. The summed E-state index contributed by atoms with van der Waals surface area (Å²) < 4.78 is 29.9. The standard InChI is InChI=1S/C23H18ClF2N7/c24-16-6-13(17(25)7-18(16)26)23(28)14(8-27)19-1-2-20-21(32-19)5-12(9-30-20)15-10-31-33-4-3-29-11-22(15)33/h1-2,5-10,27,29H,3-4,11,28H2. The molecule has 0 atom stereocenters. The number of pyridine rings is 2. The third kappa shape index (κ3) is 3.75. The van der Waals surface area contributed by atoms with Crippen molar-refractivity contribution in [3.8, 4) is 11.1 Å². The van der Waals surface area contributed by atoms with Crippen LogP contribution in [-0.2, 0) is 13.1 Å². The van der Waals surface area contributed by atoms with Crippen LogP contribution in [0.1, 0.15) is 17.0 Å². The summed E-state index contributed by atoms with van der Waals surface area (Å²) in [5.41, 5.74) is 10.7. The minimum Gasteiger partial charge on any atom is -0.398 e. The van der Waals surface area contributed by atoms with Crippen molar-refractivity contribution in [2.24, 2.45) is 5.73 Å². The zero-order chi connectivity index (χ0) is 23.1. The van der Waals surface area contributed by atoms with Crippen molar-refractivity contribution in [3.63, 3.8) is 0 Å². The molecule has 5 rings (SSSR count). The number of nitrogens with one attached hydrogen (secondary N) is 2. The Balaban J connectivity index is 1.61. The highest BCUT2D eigenvalue weighted by Gasteiger charge is 2.18. The third-order valence-corrected chi connectivity index (χ3v) is 5.89. The van der Waals surface area contributed by atoms with E-state index in [0.29, 0.717) is 29.3 Å². The summed E-state index contributed by atoms with van der Waals surface area (Å²) in [5, 5.41) is 15.4. The molecule has 166 valence electrons. The van der Waals surface area contributed by atoms with Crippen LogP contribution in [0.2, 0.25) is 5.02 Å². The first-order valence-corrected chi connectivity index (χ1v) is 10.5. The first-order valence-electron chi connectivity index (χ1n) is 10.1. The summed E-state index contributed by atoms with van der Waals surface area (Å²) in [7, 11) is 0. The molecule has 0 saturated carbocycles. The lowest BCUT2D eigenvalue weighted by molar-refractivity contribution is 0.476. The maximum atomic E-state index is 14.4. The van der Waals surface area contributed by atoms with Crippen LogP contribution in [0.3, 0.4) is 0 Å². The summed E-state index contributed by atoms with van der Waals surface area (Å²) >= 11 is 5.81. The second kappa shape index (κ2) is 8.34. The molecule has 1 aromatic carbocycles. The zero-order valence-corrected chi connectivity index (χ0v) is 18.0. The van der Waals surface area contributed by atoms with Gasteiger partial charge in [-0.3, -0.25) is 9.67 Å². The van der Waals surface area contributed by atoms with Crippen molar-refractivity contribution in [2.75, 3.05) is 6.54 Å². The van der Waals surface area contributed by atoms with Gasteiger partial charge in [0.05, 0.1) is 45.9 Å². The summed E-state index contributed by atoms with van der Waals surface area (Å²) in [6.45, 7) is 2.38. The molecule has 0 unspecified atom stereocenters. The largest absolute Gasteiger partial charge is 0.398 e. The molecule has 33 heavy (non-hydrogen) atoms. The molecule has 0 radical (unpaired) electrons. The molecule has 0 bridgehead atoms. The minimum atomic E-state index is -0.887. The number of fused-ring (bicyclic) bond motifs is 2. The third-order valence-electron chi connectivity index (χ3n) is 5.60.